The highest BCUT2D eigenvalue weighted by molar-refractivity contribution is 7.99. The number of non-ortho nitro benzene ring substituents is 1. The van der Waals surface area contributed by atoms with Crippen LogP contribution in [0.15, 0.2) is 51.7 Å². The van der Waals surface area contributed by atoms with Crippen molar-refractivity contribution in [3.8, 4) is 0 Å². The van der Waals surface area contributed by atoms with E-state index in [0.717, 1.165) is 22.1 Å². The molecular formula is C20H18N2O5S. The summed E-state index contributed by atoms with van der Waals surface area (Å²) in [4.78, 5) is 34.2. The maximum absolute atomic E-state index is 12.1. The van der Waals surface area contributed by atoms with Crippen molar-refractivity contribution in [2.45, 2.75) is 19.6 Å². The topological polar surface area (TPSA) is 102 Å². The molecule has 8 heteroatoms. The summed E-state index contributed by atoms with van der Waals surface area (Å²) >= 11 is 1.35. The molecule has 0 unspecified atom stereocenters. The number of aryl methyl sites for hydroxylation is 2. The van der Waals surface area contributed by atoms with E-state index in [-0.39, 0.29) is 17.3 Å². The Morgan fingerprint density at radius 1 is 1.18 bits per heavy atom. The first-order chi connectivity index (χ1) is 13.3. The van der Waals surface area contributed by atoms with Crippen molar-refractivity contribution in [2.24, 2.45) is 0 Å². The largest absolute Gasteiger partial charge is 0.423 e. The van der Waals surface area contributed by atoms with Gasteiger partial charge in [0.1, 0.15) is 5.58 Å². The zero-order valence-electron chi connectivity index (χ0n) is 15.4. The number of carbonyl (C=O) groups is 1. The lowest BCUT2D eigenvalue weighted by molar-refractivity contribution is -0.384. The van der Waals surface area contributed by atoms with Crippen LogP contribution in [0.3, 0.4) is 0 Å². The minimum Gasteiger partial charge on any atom is -0.423 e. The van der Waals surface area contributed by atoms with Gasteiger partial charge >= 0.3 is 5.63 Å². The summed E-state index contributed by atoms with van der Waals surface area (Å²) in [6.07, 6.45) is 0. The fourth-order valence-electron chi connectivity index (χ4n) is 2.75. The van der Waals surface area contributed by atoms with Crippen molar-refractivity contribution < 1.29 is 14.1 Å². The number of carbonyl (C=O) groups excluding carboxylic acids is 1. The van der Waals surface area contributed by atoms with E-state index >= 15 is 0 Å². The van der Waals surface area contributed by atoms with Gasteiger partial charge in [0.15, 0.2) is 0 Å². The van der Waals surface area contributed by atoms with Crippen molar-refractivity contribution in [2.75, 3.05) is 11.1 Å². The number of anilines is 1. The van der Waals surface area contributed by atoms with Gasteiger partial charge in [-0.2, -0.15) is 0 Å². The van der Waals surface area contributed by atoms with Crippen molar-refractivity contribution >= 4 is 40.0 Å². The lowest BCUT2D eigenvalue weighted by Gasteiger charge is -2.08. The molecule has 3 aromatic rings. The molecule has 3 rings (SSSR count). The minimum absolute atomic E-state index is 0.0846. The van der Waals surface area contributed by atoms with Crippen LogP contribution >= 0.6 is 11.8 Å². The first kappa shape index (κ1) is 19.6. The molecule has 0 saturated heterocycles. The Morgan fingerprint density at radius 2 is 1.93 bits per heavy atom. The zero-order chi connectivity index (χ0) is 20.3. The number of hydrogen-bond acceptors (Lipinski definition) is 6. The second kappa shape index (κ2) is 8.26. The Hall–Kier alpha value is -3.13. The SMILES string of the molecule is Cc1cc2oc(=O)cc(CSCC(=O)Nc3cccc([N+](=O)[O-])c3)c2cc1C. The molecule has 0 spiro atoms. The molecule has 0 bridgehead atoms. The summed E-state index contributed by atoms with van der Waals surface area (Å²) in [5.41, 5.74) is 3.34. The van der Waals surface area contributed by atoms with Gasteiger partial charge in [-0.15, -0.1) is 11.8 Å². The predicted octanol–water partition coefficient (Wildman–Crippen LogP) is 4.19. The molecule has 1 aromatic heterocycles. The average molecular weight is 398 g/mol. The summed E-state index contributed by atoms with van der Waals surface area (Å²) in [6, 6.07) is 11.0. The number of rotatable bonds is 6. The Bertz CT molecular complexity index is 1120. The standard InChI is InChI=1S/C20H18N2O5S/c1-12-6-17-14(8-20(24)27-18(17)7-13(12)2)10-28-11-19(23)21-15-4-3-5-16(9-15)22(25)26/h3-9H,10-11H2,1-2H3,(H,21,23). The number of nitrogens with one attached hydrogen (secondary N) is 1. The number of nitro benzene ring substituents is 1. The molecule has 0 aliphatic carbocycles. The maximum atomic E-state index is 12.1. The highest BCUT2D eigenvalue weighted by Gasteiger charge is 2.11. The van der Waals surface area contributed by atoms with Crippen LogP contribution in [-0.4, -0.2) is 16.6 Å². The van der Waals surface area contributed by atoms with E-state index in [1.54, 1.807) is 6.07 Å². The van der Waals surface area contributed by atoms with Crippen LogP contribution in [0.1, 0.15) is 16.7 Å². The van der Waals surface area contributed by atoms with Gasteiger partial charge in [0.2, 0.25) is 5.91 Å². The van der Waals surface area contributed by atoms with Gasteiger partial charge in [0.25, 0.3) is 5.69 Å². The number of nitrogens with zero attached hydrogens (tertiary/aromatic N) is 1. The Morgan fingerprint density at radius 3 is 2.68 bits per heavy atom. The molecule has 0 aliphatic rings. The highest BCUT2D eigenvalue weighted by atomic mass is 32.2. The summed E-state index contributed by atoms with van der Waals surface area (Å²) in [5.74, 6) is 0.340. The molecule has 1 amide bonds. The number of fused-ring (bicyclic) bond motifs is 1. The maximum Gasteiger partial charge on any atom is 0.336 e. The highest BCUT2D eigenvalue weighted by Crippen LogP contribution is 2.25. The van der Waals surface area contributed by atoms with Gasteiger partial charge in [-0.25, -0.2) is 4.79 Å². The van der Waals surface area contributed by atoms with Gasteiger partial charge < -0.3 is 9.73 Å². The molecule has 28 heavy (non-hydrogen) atoms. The van der Waals surface area contributed by atoms with Crippen molar-refractivity contribution in [3.05, 3.63) is 79.7 Å². The first-order valence-corrected chi connectivity index (χ1v) is 9.65. The second-order valence-corrected chi connectivity index (χ2v) is 7.36. The van der Waals surface area contributed by atoms with Gasteiger partial charge in [0, 0.05) is 35.0 Å². The normalized spacial score (nSPS) is 10.8. The van der Waals surface area contributed by atoms with Crippen LogP contribution < -0.4 is 10.9 Å². The average Bonchev–Trinajstić information content (AvgIpc) is 2.63. The molecule has 0 aliphatic heterocycles. The van der Waals surface area contributed by atoms with Gasteiger partial charge in [-0.3, -0.25) is 14.9 Å². The lowest BCUT2D eigenvalue weighted by Crippen LogP contribution is -2.14. The second-order valence-electron chi connectivity index (χ2n) is 6.37. The van der Waals surface area contributed by atoms with E-state index in [9.17, 15) is 19.7 Å². The van der Waals surface area contributed by atoms with Crippen LogP contribution in [0.4, 0.5) is 11.4 Å². The van der Waals surface area contributed by atoms with E-state index < -0.39 is 10.5 Å². The molecule has 0 atom stereocenters. The van der Waals surface area contributed by atoms with E-state index in [1.165, 1.54) is 36.0 Å². The molecule has 1 N–H and O–H groups in total. The van der Waals surface area contributed by atoms with Crippen molar-refractivity contribution in [3.63, 3.8) is 0 Å². The van der Waals surface area contributed by atoms with Gasteiger partial charge in [-0.1, -0.05) is 6.07 Å². The van der Waals surface area contributed by atoms with E-state index in [1.807, 2.05) is 26.0 Å². The molecular weight excluding hydrogens is 380 g/mol. The number of benzene rings is 2. The van der Waals surface area contributed by atoms with Crippen molar-refractivity contribution in [1.29, 1.82) is 0 Å². The summed E-state index contributed by atoms with van der Waals surface area (Å²) < 4.78 is 5.28. The monoisotopic (exact) mass is 398 g/mol. The van der Waals surface area contributed by atoms with Gasteiger partial charge in [0.05, 0.1) is 10.7 Å². The van der Waals surface area contributed by atoms with Gasteiger partial charge in [-0.05, 0) is 48.7 Å². The zero-order valence-corrected chi connectivity index (χ0v) is 16.2. The van der Waals surface area contributed by atoms with Crippen LogP contribution in [0, 0.1) is 24.0 Å². The third-order valence-electron chi connectivity index (χ3n) is 4.28. The lowest BCUT2D eigenvalue weighted by atomic mass is 10.0. The summed E-state index contributed by atoms with van der Waals surface area (Å²) in [6.45, 7) is 3.94. The Labute approximate surface area is 164 Å². The van der Waals surface area contributed by atoms with Crippen molar-refractivity contribution in [1.82, 2.24) is 0 Å². The smallest absolute Gasteiger partial charge is 0.336 e. The molecule has 7 nitrogen and oxygen atoms in total. The third-order valence-corrected chi connectivity index (χ3v) is 5.26. The van der Waals surface area contributed by atoms with Crippen LogP contribution in [-0.2, 0) is 10.5 Å². The van der Waals surface area contributed by atoms with Crippen LogP contribution in [0.25, 0.3) is 11.0 Å². The first-order valence-electron chi connectivity index (χ1n) is 8.49. The molecule has 0 fully saturated rings. The molecule has 144 valence electrons. The molecule has 1 heterocycles. The number of hydrogen-bond donors (Lipinski definition) is 1. The molecule has 2 aromatic carbocycles. The number of amides is 1. The third kappa shape index (κ3) is 4.58. The number of nitro groups is 1. The Balaban J connectivity index is 1.67. The van der Waals surface area contributed by atoms with E-state index in [0.29, 0.717) is 17.0 Å². The predicted molar refractivity (Wildman–Crippen MR) is 110 cm³/mol. The number of thioether (sulfide) groups is 1. The van der Waals surface area contributed by atoms with E-state index in [2.05, 4.69) is 5.32 Å². The Kier molecular flexibility index (Phi) is 5.79. The summed E-state index contributed by atoms with van der Waals surface area (Å²) in [5, 5.41) is 14.3. The summed E-state index contributed by atoms with van der Waals surface area (Å²) in [7, 11) is 0. The van der Waals surface area contributed by atoms with E-state index in [4.69, 9.17) is 4.42 Å². The van der Waals surface area contributed by atoms with Crippen LogP contribution in [0.2, 0.25) is 0 Å². The van der Waals surface area contributed by atoms with Crippen LogP contribution in [0.5, 0.6) is 0 Å². The minimum atomic E-state index is -0.514. The quantitative estimate of drug-likeness (QED) is 0.379. The molecule has 0 saturated carbocycles. The fraction of sp³-hybridized carbons (Fsp3) is 0.200. The fourth-order valence-corrected chi connectivity index (χ4v) is 3.57. The molecule has 0 radical (unpaired) electrons.